The van der Waals surface area contributed by atoms with E-state index in [-0.39, 0.29) is 5.92 Å². The van der Waals surface area contributed by atoms with Gasteiger partial charge < -0.3 is 15.1 Å². The summed E-state index contributed by atoms with van der Waals surface area (Å²) in [6, 6.07) is 15.0. The lowest BCUT2D eigenvalue weighted by atomic mass is 9.79. The smallest absolute Gasteiger partial charge is 0.119 e. The Labute approximate surface area is 138 Å². The molecule has 3 heteroatoms. The second kappa shape index (κ2) is 7.05. The summed E-state index contributed by atoms with van der Waals surface area (Å²) >= 11 is 0. The lowest BCUT2D eigenvalue weighted by Crippen LogP contribution is -2.30. The molecule has 0 atom stereocenters. The van der Waals surface area contributed by atoms with E-state index in [1.165, 1.54) is 12.8 Å². The minimum atomic E-state index is 0.0332. The monoisotopic (exact) mass is 311 g/mol. The summed E-state index contributed by atoms with van der Waals surface area (Å²) in [6.45, 7) is 2.25. The summed E-state index contributed by atoms with van der Waals surface area (Å²) in [5, 5.41) is 20.6. The number of para-hydroxylation sites is 2. The number of phenolic OH excluding ortho intramolecular Hbond substituents is 2. The minimum Gasteiger partial charge on any atom is -0.508 e. The Morgan fingerprint density at radius 3 is 1.87 bits per heavy atom. The summed E-state index contributed by atoms with van der Waals surface area (Å²) in [5.41, 5.74) is 1.82. The van der Waals surface area contributed by atoms with Crippen molar-refractivity contribution < 1.29 is 10.2 Å². The summed E-state index contributed by atoms with van der Waals surface area (Å²) in [5.74, 6) is 1.28. The number of nitrogens with zero attached hydrogens (tertiary/aromatic N) is 1. The molecule has 0 amide bonds. The van der Waals surface area contributed by atoms with Gasteiger partial charge in [-0.3, -0.25) is 0 Å². The lowest BCUT2D eigenvalue weighted by Gasteiger charge is -2.32. The van der Waals surface area contributed by atoms with Gasteiger partial charge in [0.25, 0.3) is 0 Å². The fraction of sp³-hybridized carbons (Fsp3) is 0.400. The van der Waals surface area contributed by atoms with Crippen molar-refractivity contribution in [3.05, 3.63) is 59.7 Å². The number of hydrogen-bond donors (Lipinski definition) is 2. The highest BCUT2D eigenvalue weighted by Gasteiger charge is 2.26. The molecule has 0 unspecified atom stereocenters. The minimum absolute atomic E-state index is 0.0332. The van der Waals surface area contributed by atoms with E-state index in [2.05, 4.69) is 11.9 Å². The molecule has 2 aromatic rings. The number of aromatic hydroxyl groups is 2. The third-order valence-electron chi connectivity index (χ3n) is 5.03. The Balaban J connectivity index is 1.91. The van der Waals surface area contributed by atoms with Crippen molar-refractivity contribution in [1.29, 1.82) is 0 Å². The maximum Gasteiger partial charge on any atom is 0.119 e. The van der Waals surface area contributed by atoms with Gasteiger partial charge in [0.1, 0.15) is 11.5 Å². The van der Waals surface area contributed by atoms with Crippen LogP contribution in [0.15, 0.2) is 48.5 Å². The van der Waals surface area contributed by atoms with Gasteiger partial charge in [0.15, 0.2) is 0 Å². The average molecular weight is 311 g/mol. The third-order valence-corrected chi connectivity index (χ3v) is 5.03. The summed E-state index contributed by atoms with van der Waals surface area (Å²) in [6.07, 6.45) is 3.31. The van der Waals surface area contributed by atoms with E-state index in [4.69, 9.17) is 0 Å². The molecule has 0 aromatic heterocycles. The van der Waals surface area contributed by atoms with Crippen LogP contribution in [0.25, 0.3) is 0 Å². The Morgan fingerprint density at radius 2 is 1.39 bits per heavy atom. The molecule has 2 N–H and O–H groups in total. The first-order valence-electron chi connectivity index (χ1n) is 8.39. The largest absolute Gasteiger partial charge is 0.508 e. The number of likely N-dealkylation sites (tertiary alicyclic amines) is 1. The van der Waals surface area contributed by atoms with Crippen LogP contribution in [-0.2, 0) is 0 Å². The number of hydrogen-bond acceptors (Lipinski definition) is 3. The fourth-order valence-electron chi connectivity index (χ4n) is 3.62. The van der Waals surface area contributed by atoms with Crippen LogP contribution < -0.4 is 0 Å². The average Bonchev–Trinajstić information content (AvgIpc) is 2.56. The number of phenols is 2. The van der Waals surface area contributed by atoms with E-state index >= 15 is 0 Å². The van der Waals surface area contributed by atoms with E-state index in [9.17, 15) is 10.2 Å². The van der Waals surface area contributed by atoms with Crippen molar-refractivity contribution in [3.63, 3.8) is 0 Å². The molecule has 122 valence electrons. The molecular weight excluding hydrogens is 286 g/mol. The van der Waals surface area contributed by atoms with Crippen molar-refractivity contribution in [1.82, 2.24) is 4.90 Å². The molecule has 0 radical (unpaired) electrons. The van der Waals surface area contributed by atoms with E-state index in [0.29, 0.717) is 17.4 Å². The Kier molecular flexibility index (Phi) is 4.87. The molecule has 1 heterocycles. The fourth-order valence-corrected chi connectivity index (χ4v) is 3.62. The van der Waals surface area contributed by atoms with Gasteiger partial charge in [-0.25, -0.2) is 0 Å². The van der Waals surface area contributed by atoms with Gasteiger partial charge in [-0.15, -0.1) is 0 Å². The molecule has 1 aliphatic heterocycles. The highest BCUT2D eigenvalue weighted by Crippen LogP contribution is 2.41. The molecule has 0 saturated carbocycles. The molecule has 1 aliphatic rings. The highest BCUT2D eigenvalue weighted by molar-refractivity contribution is 5.46. The van der Waals surface area contributed by atoms with Gasteiger partial charge in [-0.1, -0.05) is 36.4 Å². The van der Waals surface area contributed by atoms with Gasteiger partial charge in [0.05, 0.1) is 0 Å². The molecule has 3 rings (SSSR count). The maximum atomic E-state index is 10.3. The van der Waals surface area contributed by atoms with Crippen molar-refractivity contribution >= 4 is 0 Å². The summed E-state index contributed by atoms with van der Waals surface area (Å²) in [7, 11) is 2.17. The first-order valence-corrected chi connectivity index (χ1v) is 8.39. The molecule has 0 bridgehead atoms. The van der Waals surface area contributed by atoms with Crippen LogP contribution in [0.4, 0.5) is 0 Å². The Bertz CT molecular complexity index is 602. The summed E-state index contributed by atoms with van der Waals surface area (Å²) in [4.78, 5) is 2.37. The second-order valence-corrected chi connectivity index (χ2v) is 6.65. The van der Waals surface area contributed by atoms with Crippen molar-refractivity contribution in [2.45, 2.75) is 25.2 Å². The van der Waals surface area contributed by atoms with Gasteiger partial charge >= 0.3 is 0 Å². The zero-order chi connectivity index (χ0) is 16.2. The van der Waals surface area contributed by atoms with Crippen molar-refractivity contribution in [2.75, 3.05) is 20.1 Å². The van der Waals surface area contributed by atoms with E-state index in [1.807, 2.05) is 36.4 Å². The van der Waals surface area contributed by atoms with E-state index in [0.717, 1.165) is 30.6 Å². The quantitative estimate of drug-likeness (QED) is 0.898. The molecule has 3 nitrogen and oxygen atoms in total. The topological polar surface area (TPSA) is 43.7 Å². The molecule has 0 aliphatic carbocycles. The predicted molar refractivity (Wildman–Crippen MR) is 92.9 cm³/mol. The zero-order valence-corrected chi connectivity index (χ0v) is 13.7. The highest BCUT2D eigenvalue weighted by atomic mass is 16.3. The number of benzene rings is 2. The van der Waals surface area contributed by atoms with Gasteiger partial charge in [-0.05, 0) is 57.5 Å². The third kappa shape index (κ3) is 3.67. The first-order chi connectivity index (χ1) is 11.1. The van der Waals surface area contributed by atoms with Gasteiger partial charge in [-0.2, -0.15) is 0 Å². The summed E-state index contributed by atoms with van der Waals surface area (Å²) < 4.78 is 0. The van der Waals surface area contributed by atoms with Crippen LogP contribution >= 0.6 is 0 Å². The van der Waals surface area contributed by atoms with Crippen LogP contribution in [0.3, 0.4) is 0 Å². The lowest BCUT2D eigenvalue weighted by molar-refractivity contribution is 0.208. The Hall–Kier alpha value is -2.00. The maximum absolute atomic E-state index is 10.3. The second-order valence-electron chi connectivity index (χ2n) is 6.65. The van der Waals surface area contributed by atoms with Crippen molar-refractivity contribution in [3.8, 4) is 11.5 Å². The van der Waals surface area contributed by atoms with Crippen LogP contribution in [-0.4, -0.2) is 35.3 Å². The molecule has 1 fully saturated rings. The van der Waals surface area contributed by atoms with Crippen LogP contribution in [0.5, 0.6) is 11.5 Å². The molecule has 23 heavy (non-hydrogen) atoms. The predicted octanol–water partition coefficient (Wildman–Crippen LogP) is 3.96. The molecule has 1 saturated heterocycles. The van der Waals surface area contributed by atoms with E-state index in [1.54, 1.807) is 12.1 Å². The number of rotatable bonds is 4. The first kappa shape index (κ1) is 15.9. The van der Waals surface area contributed by atoms with Gasteiger partial charge in [0.2, 0.25) is 0 Å². The van der Waals surface area contributed by atoms with Gasteiger partial charge in [0, 0.05) is 17.0 Å². The Morgan fingerprint density at radius 1 is 0.913 bits per heavy atom. The number of piperidine rings is 1. The van der Waals surface area contributed by atoms with Crippen LogP contribution in [0.1, 0.15) is 36.3 Å². The normalized spacial score (nSPS) is 16.8. The molecule has 2 aromatic carbocycles. The molecular formula is C20H25NO2. The van der Waals surface area contributed by atoms with Crippen LogP contribution in [0, 0.1) is 5.92 Å². The molecule has 0 spiro atoms. The van der Waals surface area contributed by atoms with Crippen LogP contribution in [0.2, 0.25) is 0 Å². The van der Waals surface area contributed by atoms with Crippen molar-refractivity contribution in [2.24, 2.45) is 5.92 Å². The standard InChI is InChI=1S/C20H25NO2/c1-21-12-10-15(11-13-21)14-18(16-6-2-4-8-19(16)22)17-7-3-5-9-20(17)23/h2-9,15,18,22-23H,10-14H2,1H3. The SMILES string of the molecule is CN1CCC(CC(c2ccccc2O)c2ccccc2O)CC1. The zero-order valence-electron chi connectivity index (χ0n) is 13.7. The van der Waals surface area contributed by atoms with E-state index < -0.39 is 0 Å².